The molecule has 0 atom stereocenters. The summed E-state index contributed by atoms with van der Waals surface area (Å²) in [6, 6.07) is 3.32. The van der Waals surface area contributed by atoms with Crippen LogP contribution in [0, 0.1) is 5.82 Å². The second-order valence-electron chi connectivity index (χ2n) is 4.20. The monoisotopic (exact) mass is 319 g/mol. The Kier molecular flexibility index (Phi) is 4.66. The molecule has 2 rings (SSSR count). The maximum Gasteiger partial charge on any atom is 0.253 e. The number of ether oxygens (including phenoxy) is 1. The van der Waals surface area contributed by atoms with Crippen molar-refractivity contribution in [2.45, 2.75) is 4.90 Å². The molecule has 0 unspecified atom stereocenters. The standard InChI is InChI=1S/C11H14FN3O3S2/c12-10-2-1-8(7-9(10)11(13)19)20(16,17)14-15-3-5-18-6-4-15/h1-2,7,14H,3-6H2,(H2,13,19). The molecule has 0 saturated carbocycles. The first-order valence-corrected chi connectivity index (χ1v) is 7.74. The van der Waals surface area contributed by atoms with Gasteiger partial charge in [0.25, 0.3) is 10.0 Å². The number of halogens is 1. The molecular weight excluding hydrogens is 305 g/mol. The van der Waals surface area contributed by atoms with Gasteiger partial charge < -0.3 is 10.5 Å². The van der Waals surface area contributed by atoms with Crippen LogP contribution in [0.5, 0.6) is 0 Å². The molecule has 0 aliphatic carbocycles. The average Bonchev–Trinajstić information content (AvgIpc) is 2.39. The van der Waals surface area contributed by atoms with Gasteiger partial charge >= 0.3 is 0 Å². The number of morpholine rings is 1. The second kappa shape index (κ2) is 6.10. The van der Waals surface area contributed by atoms with Gasteiger partial charge in [-0.15, -0.1) is 4.83 Å². The van der Waals surface area contributed by atoms with E-state index in [1.54, 1.807) is 0 Å². The number of hydrogen-bond acceptors (Lipinski definition) is 5. The van der Waals surface area contributed by atoms with Crippen molar-refractivity contribution in [2.75, 3.05) is 26.3 Å². The topological polar surface area (TPSA) is 84.7 Å². The van der Waals surface area contributed by atoms with E-state index in [-0.39, 0.29) is 15.4 Å². The highest BCUT2D eigenvalue weighted by atomic mass is 32.2. The van der Waals surface area contributed by atoms with Gasteiger partial charge in [0.2, 0.25) is 0 Å². The van der Waals surface area contributed by atoms with Crippen LogP contribution in [0.25, 0.3) is 0 Å². The molecule has 1 fully saturated rings. The lowest BCUT2D eigenvalue weighted by Gasteiger charge is -2.26. The predicted octanol–water partition coefficient (Wildman–Crippen LogP) is -0.0146. The maximum absolute atomic E-state index is 13.5. The van der Waals surface area contributed by atoms with Gasteiger partial charge in [0.15, 0.2) is 0 Å². The Hall–Kier alpha value is -1.13. The number of nitrogens with zero attached hydrogens (tertiary/aromatic N) is 1. The van der Waals surface area contributed by atoms with Gasteiger partial charge in [-0.1, -0.05) is 12.2 Å². The molecule has 110 valence electrons. The van der Waals surface area contributed by atoms with E-state index in [4.69, 9.17) is 10.5 Å². The van der Waals surface area contributed by atoms with Gasteiger partial charge in [-0.05, 0) is 18.2 Å². The van der Waals surface area contributed by atoms with E-state index >= 15 is 0 Å². The zero-order chi connectivity index (χ0) is 14.8. The maximum atomic E-state index is 13.5. The Balaban J connectivity index is 2.24. The highest BCUT2D eigenvalue weighted by molar-refractivity contribution is 7.89. The molecule has 6 nitrogen and oxygen atoms in total. The summed E-state index contributed by atoms with van der Waals surface area (Å²) in [5.41, 5.74) is 5.27. The first-order valence-electron chi connectivity index (χ1n) is 5.84. The van der Waals surface area contributed by atoms with Crippen LogP contribution in [-0.4, -0.2) is 44.7 Å². The summed E-state index contributed by atoms with van der Waals surface area (Å²) in [4.78, 5) is 2.14. The number of nitrogens with two attached hydrogens (primary N) is 1. The molecule has 9 heteroatoms. The SMILES string of the molecule is NC(=S)c1cc(S(=O)(=O)NN2CCOCC2)ccc1F. The van der Waals surface area contributed by atoms with Crippen LogP contribution < -0.4 is 10.6 Å². The van der Waals surface area contributed by atoms with Crippen molar-refractivity contribution in [3.8, 4) is 0 Å². The van der Waals surface area contributed by atoms with Crippen molar-refractivity contribution >= 4 is 27.2 Å². The van der Waals surface area contributed by atoms with Gasteiger partial charge in [0.1, 0.15) is 10.8 Å². The summed E-state index contributed by atoms with van der Waals surface area (Å²) in [6.45, 7) is 1.79. The van der Waals surface area contributed by atoms with Gasteiger partial charge in [-0.2, -0.15) is 0 Å². The van der Waals surface area contributed by atoms with Crippen molar-refractivity contribution in [3.05, 3.63) is 29.6 Å². The van der Waals surface area contributed by atoms with Crippen LogP contribution in [-0.2, 0) is 14.8 Å². The second-order valence-corrected chi connectivity index (χ2v) is 6.30. The minimum Gasteiger partial charge on any atom is -0.389 e. The highest BCUT2D eigenvalue weighted by Crippen LogP contribution is 2.15. The van der Waals surface area contributed by atoms with E-state index in [9.17, 15) is 12.8 Å². The van der Waals surface area contributed by atoms with Crippen LogP contribution in [0.3, 0.4) is 0 Å². The third-order valence-electron chi connectivity index (χ3n) is 2.77. The zero-order valence-electron chi connectivity index (χ0n) is 10.5. The largest absolute Gasteiger partial charge is 0.389 e. The average molecular weight is 319 g/mol. The van der Waals surface area contributed by atoms with E-state index in [0.717, 1.165) is 12.1 Å². The first-order chi connectivity index (χ1) is 9.40. The number of thiocarbonyl (C=S) groups is 1. The van der Waals surface area contributed by atoms with Gasteiger partial charge in [-0.3, -0.25) is 0 Å². The number of sulfonamides is 1. The highest BCUT2D eigenvalue weighted by Gasteiger charge is 2.21. The summed E-state index contributed by atoms with van der Waals surface area (Å²) in [7, 11) is -3.79. The van der Waals surface area contributed by atoms with E-state index in [0.29, 0.717) is 26.3 Å². The number of nitrogens with one attached hydrogen (secondary N) is 1. The number of rotatable bonds is 4. The number of benzene rings is 1. The van der Waals surface area contributed by atoms with Gasteiger partial charge in [0, 0.05) is 18.7 Å². The molecule has 0 amide bonds. The van der Waals surface area contributed by atoms with Crippen molar-refractivity contribution in [1.82, 2.24) is 9.84 Å². The number of hydrazine groups is 1. The molecule has 1 aliphatic heterocycles. The number of hydrogen-bond donors (Lipinski definition) is 2. The van der Waals surface area contributed by atoms with E-state index in [1.165, 1.54) is 11.1 Å². The fourth-order valence-electron chi connectivity index (χ4n) is 1.74. The Labute approximate surface area is 121 Å². The van der Waals surface area contributed by atoms with Gasteiger partial charge in [-0.25, -0.2) is 17.8 Å². The van der Waals surface area contributed by atoms with Crippen molar-refractivity contribution in [2.24, 2.45) is 5.73 Å². The fraction of sp³-hybridized carbons (Fsp3) is 0.364. The zero-order valence-corrected chi connectivity index (χ0v) is 12.1. The molecule has 1 saturated heterocycles. The minimum atomic E-state index is -3.79. The van der Waals surface area contributed by atoms with E-state index < -0.39 is 15.8 Å². The van der Waals surface area contributed by atoms with Crippen LogP contribution >= 0.6 is 12.2 Å². The lowest BCUT2D eigenvalue weighted by molar-refractivity contribution is 0.0272. The Bertz CT molecular complexity index is 615. The van der Waals surface area contributed by atoms with Crippen LogP contribution in [0.15, 0.2) is 23.1 Å². The smallest absolute Gasteiger partial charge is 0.253 e. The van der Waals surface area contributed by atoms with Crippen LogP contribution in [0.1, 0.15) is 5.56 Å². The summed E-state index contributed by atoms with van der Waals surface area (Å²) in [6.07, 6.45) is 0. The Morgan fingerprint density at radius 3 is 2.65 bits per heavy atom. The lowest BCUT2D eigenvalue weighted by atomic mass is 10.2. The van der Waals surface area contributed by atoms with Crippen molar-refractivity contribution < 1.29 is 17.5 Å². The molecule has 1 aliphatic rings. The molecular formula is C11H14FN3O3S2. The quantitative estimate of drug-likeness (QED) is 0.759. The summed E-state index contributed by atoms with van der Waals surface area (Å²) < 4.78 is 43.0. The van der Waals surface area contributed by atoms with Crippen molar-refractivity contribution in [1.29, 1.82) is 0 Å². The molecule has 0 aromatic heterocycles. The Morgan fingerprint density at radius 1 is 1.40 bits per heavy atom. The van der Waals surface area contributed by atoms with Crippen LogP contribution in [0.2, 0.25) is 0 Å². The van der Waals surface area contributed by atoms with Crippen LogP contribution in [0.4, 0.5) is 4.39 Å². The summed E-state index contributed by atoms with van der Waals surface area (Å²) in [5.74, 6) is -0.650. The third kappa shape index (κ3) is 3.49. The molecule has 3 N–H and O–H groups in total. The molecule has 0 radical (unpaired) electrons. The molecule has 1 aromatic carbocycles. The van der Waals surface area contributed by atoms with Gasteiger partial charge in [0.05, 0.1) is 18.1 Å². The summed E-state index contributed by atoms with van der Waals surface area (Å²) >= 11 is 4.69. The Morgan fingerprint density at radius 2 is 2.05 bits per heavy atom. The normalized spacial score (nSPS) is 17.1. The first kappa shape index (κ1) is 15.3. The lowest BCUT2D eigenvalue weighted by Crippen LogP contribution is -2.48. The molecule has 1 aromatic rings. The molecule has 0 spiro atoms. The summed E-state index contributed by atoms with van der Waals surface area (Å²) in [5, 5.41) is 1.53. The predicted molar refractivity (Wildman–Crippen MR) is 75.0 cm³/mol. The van der Waals surface area contributed by atoms with Crippen molar-refractivity contribution in [3.63, 3.8) is 0 Å². The fourth-order valence-corrected chi connectivity index (χ4v) is 3.04. The molecule has 0 bridgehead atoms. The van der Waals surface area contributed by atoms with E-state index in [1.807, 2.05) is 0 Å². The van der Waals surface area contributed by atoms with E-state index in [2.05, 4.69) is 17.0 Å². The minimum absolute atomic E-state index is 0.0896. The molecule has 20 heavy (non-hydrogen) atoms. The molecule has 1 heterocycles. The third-order valence-corrected chi connectivity index (χ3v) is 4.37.